The van der Waals surface area contributed by atoms with Gasteiger partial charge in [-0.15, -0.1) is 0 Å². The molecule has 0 aromatic heterocycles. The molecule has 3 nitrogen and oxygen atoms in total. The van der Waals surface area contributed by atoms with E-state index in [2.05, 4.69) is 72.8 Å². The third kappa shape index (κ3) is 8.36. The number of benzene rings is 3. The Morgan fingerprint density at radius 1 is 0.349 bits per heavy atom. The minimum absolute atomic E-state index is 0.287. The zero-order chi connectivity index (χ0) is 29.1. The summed E-state index contributed by atoms with van der Waals surface area (Å²) in [5, 5.41) is 3.82. The van der Waals surface area contributed by atoms with Crippen LogP contribution in [0.5, 0.6) is 17.2 Å². The zero-order valence-corrected chi connectivity index (χ0v) is 27.0. The summed E-state index contributed by atoms with van der Waals surface area (Å²) in [6.07, 6.45) is 23.3. The van der Waals surface area contributed by atoms with Gasteiger partial charge in [-0.1, -0.05) is 93.1 Å². The van der Waals surface area contributed by atoms with Crippen LogP contribution in [0.4, 0.5) is 0 Å². The smallest absolute Gasteiger partial charge is 0.128 e. The fourth-order valence-corrected chi connectivity index (χ4v) is 9.76. The van der Waals surface area contributed by atoms with Crippen LogP contribution in [0, 0.1) is 0 Å². The first-order chi connectivity index (χ1) is 21.3. The van der Waals surface area contributed by atoms with Crippen molar-refractivity contribution < 1.29 is 14.2 Å². The number of ether oxygens (including phenoxy) is 3. The van der Waals surface area contributed by atoms with Gasteiger partial charge in [0, 0.05) is 15.9 Å². The van der Waals surface area contributed by atoms with Crippen molar-refractivity contribution in [3.63, 3.8) is 0 Å². The Labute approximate surface area is 261 Å². The summed E-state index contributed by atoms with van der Waals surface area (Å²) in [5.41, 5.74) is 0. The van der Waals surface area contributed by atoms with Crippen LogP contribution in [0.3, 0.4) is 0 Å². The van der Waals surface area contributed by atoms with E-state index in [1.54, 1.807) is 0 Å². The van der Waals surface area contributed by atoms with Gasteiger partial charge in [-0.25, -0.2) is 0 Å². The molecule has 6 rings (SSSR count). The number of para-hydroxylation sites is 3. The molecule has 3 saturated carbocycles. The Kier molecular flexibility index (Phi) is 11.3. The van der Waals surface area contributed by atoms with E-state index in [0.717, 1.165) is 55.8 Å². The number of hydrogen-bond donors (Lipinski definition) is 0. The highest BCUT2D eigenvalue weighted by Crippen LogP contribution is 2.43. The third-order valence-corrected chi connectivity index (χ3v) is 12.2. The summed E-state index contributed by atoms with van der Waals surface area (Å²) in [5.74, 6) is 3.11. The molecular weight excluding hydrogens is 547 g/mol. The molecule has 3 aliphatic carbocycles. The van der Waals surface area contributed by atoms with E-state index in [0.29, 0.717) is 0 Å². The first-order valence-electron chi connectivity index (χ1n) is 17.4. The molecule has 3 aromatic rings. The predicted octanol–water partition coefficient (Wildman–Crippen LogP) is 9.75. The lowest BCUT2D eigenvalue weighted by atomic mass is 10.1. The first kappa shape index (κ1) is 30.5. The fraction of sp³-hybridized carbons (Fsp3) is 0.538. The second-order valence-corrected chi connectivity index (χ2v) is 15.0. The van der Waals surface area contributed by atoms with E-state index >= 15 is 0 Å². The highest BCUT2D eigenvalue weighted by molar-refractivity contribution is 7.80. The van der Waals surface area contributed by atoms with Crippen molar-refractivity contribution in [1.29, 1.82) is 0 Å². The van der Waals surface area contributed by atoms with Crippen LogP contribution in [-0.2, 0) is 0 Å². The fourth-order valence-electron chi connectivity index (χ4n) is 7.23. The molecular formula is C39H51O3P. The van der Waals surface area contributed by atoms with Gasteiger partial charge in [0.2, 0.25) is 0 Å². The van der Waals surface area contributed by atoms with E-state index < -0.39 is 7.92 Å². The van der Waals surface area contributed by atoms with Crippen LogP contribution < -0.4 is 30.1 Å². The summed E-state index contributed by atoms with van der Waals surface area (Å²) in [6, 6.07) is 26.5. The molecule has 0 N–H and O–H groups in total. The Morgan fingerprint density at radius 3 is 0.884 bits per heavy atom. The molecule has 0 unspecified atom stereocenters. The Bertz CT molecular complexity index is 1090. The monoisotopic (exact) mass is 598 g/mol. The van der Waals surface area contributed by atoms with Crippen molar-refractivity contribution in [3.8, 4) is 17.2 Å². The van der Waals surface area contributed by atoms with Gasteiger partial charge < -0.3 is 14.2 Å². The van der Waals surface area contributed by atoms with Crippen LogP contribution in [0.2, 0.25) is 0 Å². The molecule has 43 heavy (non-hydrogen) atoms. The summed E-state index contributed by atoms with van der Waals surface area (Å²) >= 11 is 0. The van der Waals surface area contributed by atoms with Crippen molar-refractivity contribution in [1.82, 2.24) is 0 Å². The van der Waals surface area contributed by atoms with Gasteiger partial charge in [0.1, 0.15) is 17.2 Å². The quantitative estimate of drug-likeness (QED) is 0.181. The molecule has 0 atom stereocenters. The largest absolute Gasteiger partial charge is 0.490 e. The van der Waals surface area contributed by atoms with Crippen molar-refractivity contribution in [3.05, 3.63) is 72.8 Å². The van der Waals surface area contributed by atoms with Crippen LogP contribution >= 0.6 is 7.92 Å². The maximum absolute atomic E-state index is 6.94. The van der Waals surface area contributed by atoms with Gasteiger partial charge in [0.05, 0.1) is 18.3 Å². The van der Waals surface area contributed by atoms with Crippen molar-refractivity contribution in [2.45, 2.75) is 134 Å². The van der Waals surface area contributed by atoms with E-state index in [1.807, 2.05) is 0 Å². The summed E-state index contributed by atoms with van der Waals surface area (Å²) in [6.45, 7) is 0. The molecule has 0 amide bonds. The lowest BCUT2D eigenvalue weighted by Crippen LogP contribution is -2.29. The minimum Gasteiger partial charge on any atom is -0.490 e. The standard InChI is InChI=1S/C39H51O3P/c1-2-8-20-31(19-7-1)40-34-25-13-16-28-37(34)43(38-29-17-14-26-35(38)41-32-21-9-3-4-10-22-32)39-30-18-15-27-36(39)42-33-23-11-5-6-12-24-33/h13-18,25-33H,1-12,19-24H2. The van der Waals surface area contributed by atoms with Gasteiger partial charge >= 0.3 is 0 Å². The number of hydrogen-bond acceptors (Lipinski definition) is 3. The molecule has 4 heteroatoms. The highest BCUT2D eigenvalue weighted by Gasteiger charge is 2.29. The molecule has 0 saturated heterocycles. The molecule has 0 bridgehead atoms. The summed E-state index contributed by atoms with van der Waals surface area (Å²) in [7, 11) is -0.984. The lowest BCUT2D eigenvalue weighted by molar-refractivity contribution is 0.185. The Morgan fingerprint density at radius 2 is 0.605 bits per heavy atom. The zero-order valence-electron chi connectivity index (χ0n) is 26.1. The highest BCUT2D eigenvalue weighted by atomic mass is 31.1. The lowest BCUT2D eigenvalue weighted by Gasteiger charge is -2.29. The van der Waals surface area contributed by atoms with Gasteiger partial charge in [-0.3, -0.25) is 0 Å². The molecule has 0 radical (unpaired) electrons. The van der Waals surface area contributed by atoms with Gasteiger partial charge in [0.25, 0.3) is 0 Å². The summed E-state index contributed by atoms with van der Waals surface area (Å²) in [4.78, 5) is 0. The van der Waals surface area contributed by atoms with E-state index in [4.69, 9.17) is 14.2 Å². The maximum atomic E-state index is 6.94. The maximum Gasteiger partial charge on any atom is 0.128 e. The van der Waals surface area contributed by atoms with E-state index in [9.17, 15) is 0 Å². The van der Waals surface area contributed by atoms with Crippen LogP contribution in [-0.4, -0.2) is 18.3 Å². The average Bonchev–Trinajstić information content (AvgIpc) is 3.57. The minimum atomic E-state index is -0.984. The number of rotatable bonds is 9. The molecule has 0 spiro atoms. The van der Waals surface area contributed by atoms with Gasteiger partial charge in [-0.05, 0) is 103 Å². The van der Waals surface area contributed by atoms with E-state index in [1.165, 1.54) is 93.0 Å². The Hall–Kier alpha value is -2.51. The topological polar surface area (TPSA) is 27.7 Å². The van der Waals surface area contributed by atoms with Crippen molar-refractivity contribution in [2.24, 2.45) is 0 Å². The van der Waals surface area contributed by atoms with Gasteiger partial charge in [-0.2, -0.15) is 0 Å². The summed E-state index contributed by atoms with van der Waals surface area (Å²) < 4.78 is 20.8. The molecule has 0 heterocycles. The molecule has 3 fully saturated rings. The van der Waals surface area contributed by atoms with Crippen LogP contribution in [0.15, 0.2) is 72.8 Å². The first-order valence-corrected chi connectivity index (χ1v) is 18.8. The van der Waals surface area contributed by atoms with Crippen LogP contribution in [0.25, 0.3) is 0 Å². The second kappa shape index (κ2) is 16.0. The normalized spacial score (nSPS) is 19.7. The van der Waals surface area contributed by atoms with Gasteiger partial charge in [0.15, 0.2) is 0 Å². The molecule has 3 aromatic carbocycles. The predicted molar refractivity (Wildman–Crippen MR) is 182 cm³/mol. The van der Waals surface area contributed by atoms with Crippen molar-refractivity contribution >= 4 is 23.8 Å². The molecule has 230 valence electrons. The second-order valence-electron chi connectivity index (χ2n) is 12.9. The Balaban J connectivity index is 1.41. The SMILES string of the molecule is c1ccc(P(c2ccccc2OC2CCCCCC2)c2ccccc2OC2CCCCCC2)c(OC2CCCCCC2)c1. The van der Waals surface area contributed by atoms with Crippen molar-refractivity contribution in [2.75, 3.05) is 0 Å². The average molecular weight is 599 g/mol. The third-order valence-electron chi connectivity index (χ3n) is 9.61. The van der Waals surface area contributed by atoms with E-state index in [-0.39, 0.29) is 18.3 Å². The molecule has 0 aliphatic heterocycles. The molecule has 3 aliphatic rings. The van der Waals surface area contributed by atoms with Crippen LogP contribution in [0.1, 0.15) is 116 Å².